The number of fused-ring (bicyclic) bond motifs is 1. The summed E-state index contributed by atoms with van der Waals surface area (Å²) in [6.07, 6.45) is 7.10. The summed E-state index contributed by atoms with van der Waals surface area (Å²) in [5.74, 6) is 2.21. The minimum atomic E-state index is -0.0122. The van der Waals surface area contributed by atoms with Crippen molar-refractivity contribution in [1.29, 1.82) is 0 Å². The summed E-state index contributed by atoms with van der Waals surface area (Å²) in [5, 5.41) is 0. The van der Waals surface area contributed by atoms with Crippen molar-refractivity contribution in [3.8, 4) is 0 Å². The van der Waals surface area contributed by atoms with E-state index in [1.807, 2.05) is 29.7 Å². The van der Waals surface area contributed by atoms with Gasteiger partial charge in [-0.05, 0) is 50.2 Å². The van der Waals surface area contributed by atoms with Gasteiger partial charge in [0.15, 0.2) is 5.76 Å². The van der Waals surface area contributed by atoms with Crippen LogP contribution in [0.2, 0.25) is 0 Å². The SMILES string of the molecule is CSCCCN1C(=O)CC[C@H]2CN(C(=O)c3occc3C)CC[C@H]21. The molecule has 5 nitrogen and oxygen atoms in total. The summed E-state index contributed by atoms with van der Waals surface area (Å²) in [6, 6.07) is 2.13. The van der Waals surface area contributed by atoms with E-state index in [0.29, 0.717) is 36.6 Å². The van der Waals surface area contributed by atoms with Crippen LogP contribution in [0.25, 0.3) is 0 Å². The van der Waals surface area contributed by atoms with Gasteiger partial charge in [0, 0.05) is 37.7 Å². The Morgan fingerprint density at radius 1 is 1.42 bits per heavy atom. The zero-order chi connectivity index (χ0) is 17.1. The lowest BCUT2D eigenvalue weighted by atomic mass is 9.83. The van der Waals surface area contributed by atoms with Crippen LogP contribution in [-0.2, 0) is 4.79 Å². The Labute approximate surface area is 147 Å². The van der Waals surface area contributed by atoms with Crippen molar-refractivity contribution in [2.24, 2.45) is 5.92 Å². The zero-order valence-electron chi connectivity index (χ0n) is 14.5. The fraction of sp³-hybridized carbons (Fsp3) is 0.667. The van der Waals surface area contributed by atoms with E-state index < -0.39 is 0 Å². The van der Waals surface area contributed by atoms with E-state index in [1.54, 1.807) is 6.26 Å². The standard InChI is InChI=1S/C18H26N2O3S/c1-13-7-10-23-17(13)18(22)19-9-6-15-14(12-19)4-5-16(21)20(15)8-3-11-24-2/h7,10,14-15H,3-6,8-9,11-12H2,1-2H3/t14-,15+/m0/s1. The summed E-state index contributed by atoms with van der Waals surface area (Å²) >= 11 is 1.82. The van der Waals surface area contributed by atoms with Crippen LogP contribution in [0.5, 0.6) is 0 Å². The molecule has 2 fully saturated rings. The Morgan fingerprint density at radius 2 is 2.25 bits per heavy atom. The first-order chi connectivity index (χ1) is 11.6. The van der Waals surface area contributed by atoms with Crippen LogP contribution in [-0.4, -0.2) is 59.3 Å². The van der Waals surface area contributed by atoms with E-state index in [2.05, 4.69) is 11.2 Å². The topological polar surface area (TPSA) is 53.8 Å². The molecule has 2 amide bonds. The third kappa shape index (κ3) is 3.48. The highest BCUT2D eigenvalue weighted by Gasteiger charge is 2.40. The van der Waals surface area contributed by atoms with Gasteiger partial charge in [-0.15, -0.1) is 0 Å². The van der Waals surface area contributed by atoms with Crippen LogP contribution in [0.4, 0.5) is 0 Å². The van der Waals surface area contributed by atoms with Gasteiger partial charge in [0.2, 0.25) is 5.91 Å². The number of nitrogens with zero attached hydrogens (tertiary/aromatic N) is 2. The molecule has 3 rings (SSSR count). The van der Waals surface area contributed by atoms with Crippen molar-refractivity contribution in [1.82, 2.24) is 9.80 Å². The predicted octanol–water partition coefficient (Wildman–Crippen LogP) is 2.79. The predicted molar refractivity (Wildman–Crippen MR) is 95.2 cm³/mol. The van der Waals surface area contributed by atoms with Gasteiger partial charge in [-0.25, -0.2) is 0 Å². The first-order valence-corrected chi connectivity index (χ1v) is 10.1. The lowest BCUT2D eigenvalue weighted by Gasteiger charge is -2.47. The van der Waals surface area contributed by atoms with Gasteiger partial charge >= 0.3 is 0 Å². The van der Waals surface area contributed by atoms with Crippen LogP contribution >= 0.6 is 11.8 Å². The molecule has 0 unspecified atom stereocenters. The second kappa shape index (κ2) is 7.64. The van der Waals surface area contributed by atoms with Crippen LogP contribution < -0.4 is 0 Å². The minimum Gasteiger partial charge on any atom is -0.459 e. The summed E-state index contributed by atoms with van der Waals surface area (Å²) in [7, 11) is 0. The van der Waals surface area contributed by atoms with Crippen LogP contribution in [0.3, 0.4) is 0 Å². The molecular weight excluding hydrogens is 324 g/mol. The highest BCUT2D eigenvalue weighted by molar-refractivity contribution is 7.98. The number of aryl methyl sites for hydroxylation is 1. The Kier molecular flexibility index (Phi) is 5.54. The molecule has 132 valence electrons. The molecule has 0 radical (unpaired) electrons. The number of likely N-dealkylation sites (tertiary alicyclic amines) is 2. The molecule has 2 aliphatic heterocycles. The van der Waals surface area contributed by atoms with Gasteiger partial charge in [0.1, 0.15) is 0 Å². The van der Waals surface area contributed by atoms with Crippen molar-refractivity contribution in [2.45, 2.75) is 38.6 Å². The number of hydrogen-bond acceptors (Lipinski definition) is 4. The second-order valence-electron chi connectivity index (χ2n) is 6.77. The average Bonchev–Trinajstić information content (AvgIpc) is 3.02. The maximum atomic E-state index is 12.7. The molecule has 0 aliphatic carbocycles. The van der Waals surface area contributed by atoms with E-state index >= 15 is 0 Å². The molecule has 0 spiro atoms. The van der Waals surface area contributed by atoms with Gasteiger partial charge in [-0.3, -0.25) is 9.59 Å². The number of thioether (sulfide) groups is 1. The fourth-order valence-corrected chi connectivity index (χ4v) is 4.36. The lowest BCUT2D eigenvalue weighted by Crippen LogP contribution is -2.57. The summed E-state index contributed by atoms with van der Waals surface area (Å²) in [4.78, 5) is 29.0. The van der Waals surface area contributed by atoms with E-state index in [4.69, 9.17) is 4.42 Å². The second-order valence-corrected chi connectivity index (χ2v) is 7.76. The van der Waals surface area contributed by atoms with Crippen molar-refractivity contribution in [3.05, 3.63) is 23.7 Å². The zero-order valence-corrected chi connectivity index (χ0v) is 15.3. The molecule has 24 heavy (non-hydrogen) atoms. The van der Waals surface area contributed by atoms with Crippen LogP contribution in [0, 0.1) is 12.8 Å². The lowest BCUT2D eigenvalue weighted by molar-refractivity contribution is -0.140. The number of amides is 2. The third-order valence-corrected chi connectivity index (χ3v) is 5.93. The Balaban J connectivity index is 1.65. The molecule has 2 saturated heterocycles. The average molecular weight is 350 g/mol. The van der Waals surface area contributed by atoms with Crippen molar-refractivity contribution in [2.75, 3.05) is 31.6 Å². The number of carbonyl (C=O) groups is 2. The number of piperidine rings is 2. The number of hydrogen-bond donors (Lipinski definition) is 0. The Morgan fingerprint density at radius 3 is 2.96 bits per heavy atom. The molecule has 6 heteroatoms. The molecule has 1 aromatic heterocycles. The Hall–Kier alpha value is -1.43. The maximum absolute atomic E-state index is 12.7. The van der Waals surface area contributed by atoms with Gasteiger partial charge in [0.25, 0.3) is 5.91 Å². The first kappa shape index (κ1) is 17.4. The van der Waals surface area contributed by atoms with Gasteiger partial charge in [0.05, 0.1) is 6.26 Å². The molecular formula is C18H26N2O3S. The van der Waals surface area contributed by atoms with Crippen LogP contribution in [0.1, 0.15) is 41.8 Å². The quantitative estimate of drug-likeness (QED) is 0.766. The number of rotatable bonds is 5. The fourth-order valence-electron chi connectivity index (χ4n) is 3.94. The molecule has 0 bridgehead atoms. The molecule has 2 atom stereocenters. The number of carbonyl (C=O) groups excluding carboxylic acids is 2. The number of furan rings is 1. The summed E-state index contributed by atoms with van der Waals surface area (Å²) < 4.78 is 5.36. The van der Waals surface area contributed by atoms with Gasteiger partial charge < -0.3 is 14.2 Å². The van der Waals surface area contributed by atoms with Crippen molar-refractivity contribution in [3.63, 3.8) is 0 Å². The molecule has 0 aromatic carbocycles. The van der Waals surface area contributed by atoms with Crippen LogP contribution in [0.15, 0.2) is 16.7 Å². The Bertz CT molecular complexity index is 601. The normalized spacial score (nSPS) is 24.2. The monoisotopic (exact) mass is 350 g/mol. The van der Waals surface area contributed by atoms with E-state index in [0.717, 1.165) is 43.7 Å². The van der Waals surface area contributed by atoms with E-state index in [-0.39, 0.29) is 5.91 Å². The largest absolute Gasteiger partial charge is 0.459 e. The first-order valence-electron chi connectivity index (χ1n) is 8.73. The van der Waals surface area contributed by atoms with Crippen molar-refractivity contribution < 1.29 is 14.0 Å². The molecule has 3 heterocycles. The molecule has 0 N–H and O–H groups in total. The minimum absolute atomic E-state index is 0.0122. The molecule has 0 saturated carbocycles. The smallest absolute Gasteiger partial charge is 0.289 e. The highest BCUT2D eigenvalue weighted by atomic mass is 32.2. The molecule has 2 aliphatic rings. The summed E-state index contributed by atoms with van der Waals surface area (Å²) in [6.45, 7) is 4.19. The van der Waals surface area contributed by atoms with Gasteiger partial charge in [-0.2, -0.15) is 11.8 Å². The van der Waals surface area contributed by atoms with E-state index in [9.17, 15) is 9.59 Å². The molecule has 1 aromatic rings. The summed E-state index contributed by atoms with van der Waals surface area (Å²) in [5.41, 5.74) is 0.889. The van der Waals surface area contributed by atoms with E-state index in [1.165, 1.54) is 0 Å². The highest BCUT2D eigenvalue weighted by Crippen LogP contribution is 2.32. The van der Waals surface area contributed by atoms with Gasteiger partial charge in [-0.1, -0.05) is 0 Å². The maximum Gasteiger partial charge on any atom is 0.289 e. The van der Waals surface area contributed by atoms with Crippen molar-refractivity contribution >= 4 is 23.6 Å². The third-order valence-electron chi connectivity index (χ3n) is 5.23.